The maximum absolute atomic E-state index is 13.4. The van der Waals surface area contributed by atoms with Crippen LogP contribution < -0.4 is 10.2 Å². The van der Waals surface area contributed by atoms with Crippen LogP contribution in [0.15, 0.2) is 48.8 Å². The lowest BCUT2D eigenvalue weighted by molar-refractivity contribution is -0.138. The van der Waals surface area contributed by atoms with Gasteiger partial charge in [-0.2, -0.15) is 0 Å². The van der Waals surface area contributed by atoms with Crippen molar-refractivity contribution in [2.45, 2.75) is 37.6 Å². The van der Waals surface area contributed by atoms with E-state index in [1.165, 1.54) is 0 Å². The number of hydrogen-bond donors (Lipinski definition) is 1. The number of likely N-dealkylation sites (tertiary alicyclic amines) is 2. The fourth-order valence-electron chi connectivity index (χ4n) is 5.74. The van der Waals surface area contributed by atoms with E-state index in [9.17, 15) is 9.59 Å². The lowest BCUT2D eigenvalue weighted by Gasteiger charge is -2.44. The van der Waals surface area contributed by atoms with Crippen LogP contribution in [0.3, 0.4) is 0 Å². The van der Waals surface area contributed by atoms with E-state index in [1.54, 1.807) is 12.4 Å². The summed E-state index contributed by atoms with van der Waals surface area (Å²) in [7, 11) is 1.96. The summed E-state index contributed by atoms with van der Waals surface area (Å²) < 4.78 is 0. The molecule has 0 saturated carbocycles. The molecular formula is C24H30N6O2. The maximum Gasteiger partial charge on any atom is 0.321 e. The fourth-order valence-corrected chi connectivity index (χ4v) is 5.74. The Morgan fingerprint density at radius 3 is 2.25 bits per heavy atom. The molecule has 0 atom stereocenters. The van der Waals surface area contributed by atoms with E-state index in [4.69, 9.17) is 0 Å². The molecular weight excluding hydrogens is 404 g/mol. The number of rotatable bonds is 2. The minimum Gasteiger partial charge on any atom is -0.341 e. The number of piperidine rings is 2. The van der Waals surface area contributed by atoms with Crippen molar-refractivity contribution in [2.24, 2.45) is 5.41 Å². The van der Waals surface area contributed by atoms with Crippen molar-refractivity contribution in [3.63, 3.8) is 0 Å². The number of nitrogens with one attached hydrogen (secondary N) is 1. The first-order valence-corrected chi connectivity index (χ1v) is 11.4. The van der Waals surface area contributed by atoms with E-state index in [1.807, 2.05) is 53.2 Å². The summed E-state index contributed by atoms with van der Waals surface area (Å²) in [6.45, 7) is 2.92. The molecule has 0 aliphatic carbocycles. The number of aromatic nitrogens is 2. The van der Waals surface area contributed by atoms with Crippen LogP contribution in [0, 0.1) is 5.41 Å². The number of carbonyl (C=O) groups is 2. The van der Waals surface area contributed by atoms with Crippen LogP contribution in [0.1, 0.15) is 32.1 Å². The minimum atomic E-state index is -0.297. The number of nitrogens with zero attached hydrogens (tertiary/aromatic N) is 5. The first-order valence-electron chi connectivity index (χ1n) is 11.4. The van der Waals surface area contributed by atoms with Crippen LogP contribution in [-0.4, -0.2) is 70.5 Å². The van der Waals surface area contributed by atoms with Gasteiger partial charge in [-0.05, 0) is 50.3 Å². The van der Waals surface area contributed by atoms with Gasteiger partial charge in [-0.3, -0.25) is 4.79 Å². The third-order valence-electron chi connectivity index (χ3n) is 7.70. The second kappa shape index (κ2) is 8.07. The second-order valence-electron chi connectivity index (χ2n) is 9.36. The molecule has 3 amide bonds. The molecule has 1 N–H and O–H groups in total. The van der Waals surface area contributed by atoms with Gasteiger partial charge in [0.25, 0.3) is 0 Å². The molecule has 4 heterocycles. The van der Waals surface area contributed by atoms with Gasteiger partial charge in [0.15, 0.2) is 0 Å². The molecule has 2 spiro atoms. The smallest absolute Gasteiger partial charge is 0.321 e. The van der Waals surface area contributed by atoms with Crippen LogP contribution in [0.5, 0.6) is 0 Å². The van der Waals surface area contributed by atoms with Crippen molar-refractivity contribution in [1.82, 2.24) is 19.8 Å². The highest BCUT2D eigenvalue weighted by atomic mass is 16.2. The van der Waals surface area contributed by atoms with Crippen LogP contribution in [-0.2, 0) is 4.79 Å². The van der Waals surface area contributed by atoms with Crippen LogP contribution >= 0.6 is 0 Å². The van der Waals surface area contributed by atoms with Gasteiger partial charge in [0.05, 0.1) is 5.41 Å². The van der Waals surface area contributed by atoms with Crippen molar-refractivity contribution in [2.75, 3.05) is 43.4 Å². The molecule has 8 heteroatoms. The van der Waals surface area contributed by atoms with Gasteiger partial charge in [-0.1, -0.05) is 18.2 Å². The summed E-state index contributed by atoms with van der Waals surface area (Å²) in [5.41, 5.74) is 0.361. The molecule has 2 aromatic rings. The summed E-state index contributed by atoms with van der Waals surface area (Å²) in [5.74, 6) is 1.02. The summed E-state index contributed by atoms with van der Waals surface area (Å²) in [5, 5.41) is 2.98. The summed E-state index contributed by atoms with van der Waals surface area (Å²) in [6.07, 6.45) is 7.71. The summed E-state index contributed by atoms with van der Waals surface area (Å²) >= 11 is 0. The Morgan fingerprint density at radius 2 is 1.59 bits per heavy atom. The van der Waals surface area contributed by atoms with Crippen molar-refractivity contribution < 1.29 is 9.59 Å². The van der Waals surface area contributed by atoms with Gasteiger partial charge >= 0.3 is 6.03 Å². The Hall–Kier alpha value is -3.16. The number of urea groups is 1. The number of benzene rings is 1. The second-order valence-corrected chi connectivity index (χ2v) is 9.36. The molecule has 3 fully saturated rings. The molecule has 0 bridgehead atoms. The Morgan fingerprint density at radius 1 is 0.938 bits per heavy atom. The van der Waals surface area contributed by atoms with E-state index in [-0.39, 0.29) is 22.9 Å². The van der Waals surface area contributed by atoms with E-state index < -0.39 is 0 Å². The van der Waals surface area contributed by atoms with Gasteiger partial charge in [0.1, 0.15) is 0 Å². The standard InChI is InChI=1S/C24H30N6O2/c1-28-20(31)23(8-14-29(15-9-23)21-25-12-5-13-26-21)18-24(28)10-16-30(17-11-24)22(32)27-19-6-3-2-4-7-19/h2-7,12-13H,8-11,14-18H2,1H3,(H,27,32). The third-order valence-corrected chi connectivity index (χ3v) is 7.70. The largest absolute Gasteiger partial charge is 0.341 e. The molecule has 0 unspecified atom stereocenters. The highest BCUT2D eigenvalue weighted by Crippen LogP contribution is 2.52. The average molecular weight is 435 g/mol. The number of amides is 3. The van der Waals surface area contributed by atoms with Gasteiger partial charge in [0.2, 0.25) is 11.9 Å². The summed E-state index contributed by atoms with van der Waals surface area (Å²) in [6, 6.07) is 11.3. The monoisotopic (exact) mass is 434 g/mol. The van der Waals surface area contributed by atoms with Gasteiger partial charge < -0.3 is 20.0 Å². The molecule has 5 rings (SSSR count). The minimum absolute atomic E-state index is 0.0658. The molecule has 1 aromatic carbocycles. The lowest BCUT2D eigenvalue weighted by atomic mass is 9.71. The lowest BCUT2D eigenvalue weighted by Crippen LogP contribution is -2.53. The maximum atomic E-state index is 13.4. The Labute approximate surface area is 188 Å². The molecule has 168 valence electrons. The fraction of sp³-hybridized carbons (Fsp3) is 0.500. The zero-order chi connectivity index (χ0) is 22.2. The van der Waals surface area contributed by atoms with E-state index in [2.05, 4.69) is 20.2 Å². The average Bonchev–Trinajstić information content (AvgIpc) is 3.03. The van der Waals surface area contributed by atoms with E-state index in [0.717, 1.165) is 56.8 Å². The quantitative estimate of drug-likeness (QED) is 0.786. The van der Waals surface area contributed by atoms with E-state index in [0.29, 0.717) is 13.1 Å². The molecule has 0 radical (unpaired) electrons. The third kappa shape index (κ3) is 3.57. The van der Waals surface area contributed by atoms with Crippen LogP contribution in [0.4, 0.5) is 16.4 Å². The molecule has 1 aromatic heterocycles. The van der Waals surface area contributed by atoms with Gasteiger partial charge in [-0.15, -0.1) is 0 Å². The number of carbonyl (C=O) groups excluding carboxylic acids is 2. The predicted molar refractivity (Wildman–Crippen MR) is 122 cm³/mol. The molecule has 3 aliphatic heterocycles. The Bertz CT molecular complexity index is 966. The first kappa shape index (κ1) is 20.7. The topological polar surface area (TPSA) is 81.7 Å². The van der Waals surface area contributed by atoms with Gasteiger partial charge in [0, 0.05) is 56.8 Å². The number of para-hydroxylation sites is 1. The zero-order valence-electron chi connectivity index (χ0n) is 18.5. The highest BCUT2D eigenvalue weighted by molar-refractivity contribution is 5.89. The van der Waals surface area contributed by atoms with Crippen molar-refractivity contribution >= 4 is 23.6 Å². The van der Waals surface area contributed by atoms with Crippen molar-refractivity contribution in [1.29, 1.82) is 0 Å². The van der Waals surface area contributed by atoms with E-state index >= 15 is 0 Å². The Balaban J connectivity index is 1.22. The molecule has 3 aliphatic rings. The normalized spacial score (nSPS) is 21.9. The molecule has 8 nitrogen and oxygen atoms in total. The Kier molecular flexibility index (Phi) is 5.23. The SMILES string of the molecule is CN1C(=O)C2(CCN(c3ncccn3)CC2)CC12CCN(C(=O)Nc1ccccc1)CC2. The predicted octanol–water partition coefficient (Wildman–Crippen LogP) is 2.99. The van der Waals surface area contributed by atoms with Crippen molar-refractivity contribution in [3.8, 4) is 0 Å². The first-order chi connectivity index (χ1) is 15.5. The van der Waals surface area contributed by atoms with Crippen LogP contribution in [0.25, 0.3) is 0 Å². The highest BCUT2D eigenvalue weighted by Gasteiger charge is 2.59. The summed E-state index contributed by atoms with van der Waals surface area (Å²) in [4.78, 5) is 40.9. The molecule has 32 heavy (non-hydrogen) atoms. The van der Waals surface area contributed by atoms with Crippen LogP contribution in [0.2, 0.25) is 0 Å². The number of hydrogen-bond acceptors (Lipinski definition) is 5. The molecule has 3 saturated heterocycles. The van der Waals surface area contributed by atoms with Crippen molar-refractivity contribution in [3.05, 3.63) is 48.8 Å². The number of anilines is 2. The zero-order valence-corrected chi connectivity index (χ0v) is 18.5. The van der Waals surface area contributed by atoms with Gasteiger partial charge in [-0.25, -0.2) is 14.8 Å².